The van der Waals surface area contributed by atoms with E-state index in [2.05, 4.69) is 26.5 Å². The first-order valence-corrected chi connectivity index (χ1v) is 6.52. The van der Waals surface area contributed by atoms with Crippen LogP contribution < -0.4 is 0 Å². The Bertz CT molecular complexity index is 456. The number of carbonyl (C=O) groups is 1. The van der Waals surface area contributed by atoms with Gasteiger partial charge in [-0.25, -0.2) is 0 Å². The van der Waals surface area contributed by atoms with Gasteiger partial charge in [0, 0.05) is 11.1 Å². The van der Waals surface area contributed by atoms with Crippen LogP contribution in [0.4, 0.5) is 0 Å². The molecule has 1 aliphatic carbocycles. The van der Waals surface area contributed by atoms with Gasteiger partial charge in [-0.15, -0.1) is 0 Å². The fourth-order valence-corrected chi connectivity index (χ4v) is 1.75. The maximum atomic E-state index is 12.5. The molecular formula is C17H22O. The highest BCUT2D eigenvalue weighted by Gasteiger charge is 2.14. The Morgan fingerprint density at radius 1 is 1.39 bits per heavy atom. The van der Waals surface area contributed by atoms with Crippen molar-refractivity contribution in [2.45, 2.75) is 40.0 Å². The zero-order valence-electron chi connectivity index (χ0n) is 11.6. The number of ketones is 1. The summed E-state index contributed by atoms with van der Waals surface area (Å²) < 4.78 is 0. The van der Waals surface area contributed by atoms with E-state index in [1.54, 1.807) is 6.08 Å². The van der Waals surface area contributed by atoms with Gasteiger partial charge in [-0.1, -0.05) is 49.5 Å². The molecule has 0 aromatic rings. The molecule has 0 aromatic carbocycles. The molecule has 1 nitrogen and oxygen atoms in total. The summed E-state index contributed by atoms with van der Waals surface area (Å²) in [6.07, 6.45) is 12.7. The molecule has 0 radical (unpaired) electrons. The summed E-state index contributed by atoms with van der Waals surface area (Å²) in [6, 6.07) is 0. The van der Waals surface area contributed by atoms with Crippen LogP contribution in [0, 0.1) is 0 Å². The third kappa shape index (κ3) is 3.69. The highest BCUT2D eigenvalue weighted by atomic mass is 16.1. The molecule has 1 rings (SSSR count). The van der Waals surface area contributed by atoms with E-state index in [1.165, 1.54) is 5.57 Å². The summed E-state index contributed by atoms with van der Waals surface area (Å²) in [7, 11) is 0. The van der Waals surface area contributed by atoms with Crippen molar-refractivity contribution in [1.29, 1.82) is 0 Å². The minimum atomic E-state index is 0.108. The van der Waals surface area contributed by atoms with Crippen molar-refractivity contribution in [1.82, 2.24) is 0 Å². The van der Waals surface area contributed by atoms with E-state index in [0.717, 1.165) is 36.0 Å². The van der Waals surface area contributed by atoms with Gasteiger partial charge in [0.25, 0.3) is 0 Å². The van der Waals surface area contributed by atoms with Gasteiger partial charge in [-0.3, -0.25) is 4.79 Å². The van der Waals surface area contributed by atoms with E-state index in [4.69, 9.17) is 0 Å². The second kappa shape index (κ2) is 6.95. The van der Waals surface area contributed by atoms with Crippen molar-refractivity contribution in [2.75, 3.05) is 0 Å². The summed E-state index contributed by atoms with van der Waals surface area (Å²) in [5, 5.41) is 0. The summed E-state index contributed by atoms with van der Waals surface area (Å²) in [6.45, 7) is 9.85. The zero-order valence-corrected chi connectivity index (χ0v) is 11.6. The van der Waals surface area contributed by atoms with Gasteiger partial charge in [-0.2, -0.15) is 0 Å². The summed E-state index contributed by atoms with van der Waals surface area (Å²) in [4.78, 5) is 12.5. The predicted octanol–water partition coefficient (Wildman–Crippen LogP) is 4.69. The van der Waals surface area contributed by atoms with Gasteiger partial charge in [0.05, 0.1) is 0 Å². The lowest BCUT2D eigenvalue weighted by Crippen LogP contribution is -2.07. The molecule has 0 saturated carbocycles. The number of rotatable bonds is 5. The topological polar surface area (TPSA) is 17.1 Å². The van der Waals surface area contributed by atoms with Crippen LogP contribution in [0.25, 0.3) is 0 Å². The van der Waals surface area contributed by atoms with Crippen molar-refractivity contribution >= 4 is 5.78 Å². The van der Waals surface area contributed by atoms with E-state index in [1.807, 2.05) is 25.2 Å². The monoisotopic (exact) mass is 242 g/mol. The third-order valence-corrected chi connectivity index (χ3v) is 3.18. The number of allylic oxidation sites excluding steroid dienone is 9. The van der Waals surface area contributed by atoms with Crippen LogP contribution in [0.2, 0.25) is 0 Å². The van der Waals surface area contributed by atoms with Crippen LogP contribution in [-0.4, -0.2) is 5.78 Å². The quantitative estimate of drug-likeness (QED) is 0.505. The molecule has 0 amide bonds. The van der Waals surface area contributed by atoms with Gasteiger partial charge in [-0.05, 0) is 38.7 Å². The Labute approximate surface area is 110 Å². The van der Waals surface area contributed by atoms with Gasteiger partial charge >= 0.3 is 0 Å². The molecule has 0 atom stereocenters. The maximum Gasteiger partial charge on any atom is 0.192 e. The lowest BCUT2D eigenvalue weighted by atomic mass is 9.93. The predicted molar refractivity (Wildman–Crippen MR) is 78.4 cm³/mol. The Morgan fingerprint density at radius 2 is 2.11 bits per heavy atom. The number of Topliss-reactive ketones (excluding diaryl/α,β-unsaturated/α-hetero) is 1. The molecule has 1 heteroatoms. The smallest absolute Gasteiger partial charge is 0.192 e. The standard InChI is InChI=1S/C17H22O/c1-5-13(3)12-16(14(4)6-2)17(18)15-10-8-7-9-11-15/h6,8,10-12H,2,5,7,9H2,1,3-4H3/b13-12-,16-14+. The molecule has 18 heavy (non-hydrogen) atoms. The minimum Gasteiger partial charge on any atom is -0.289 e. The molecule has 0 unspecified atom stereocenters. The second-order valence-corrected chi connectivity index (χ2v) is 4.61. The van der Waals surface area contributed by atoms with Crippen LogP contribution in [0.1, 0.15) is 40.0 Å². The van der Waals surface area contributed by atoms with Gasteiger partial charge in [0.2, 0.25) is 0 Å². The maximum absolute atomic E-state index is 12.5. The van der Waals surface area contributed by atoms with Crippen molar-refractivity contribution in [3.63, 3.8) is 0 Å². The largest absolute Gasteiger partial charge is 0.289 e. The van der Waals surface area contributed by atoms with Gasteiger partial charge in [0.15, 0.2) is 5.78 Å². The highest BCUT2D eigenvalue weighted by molar-refractivity contribution is 6.12. The summed E-state index contributed by atoms with van der Waals surface area (Å²) in [5.74, 6) is 0.108. The first kappa shape index (κ1) is 14.4. The fraction of sp³-hybridized carbons (Fsp3) is 0.353. The molecule has 0 aromatic heterocycles. The Kier molecular flexibility index (Phi) is 5.57. The van der Waals surface area contributed by atoms with E-state index >= 15 is 0 Å². The molecule has 96 valence electrons. The lowest BCUT2D eigenvalue weighted by Gasteiger charge is -2.10. The molecule has 0 aliphatic heterocycles. The second-order valence-electron chi connectivity index (χ2n) is 4.61. The van der Waals surface area contributed by atoms with Crippen LogP contribution in [-0.2, 0) is 4.79 Å². The molecule has 0 spiro atoms. The summed E-state index contributed by atoms with van der Waals surface area (Å²) in [5.41, 5.74) is 3.72. The molecule has 0 heterocycles. The highest BCUT2D eigenvalue weighted by Crippen LogP contribution is 2.20. The first-order valence-electron chi connectivity index (χ1n) is 6.52. The summed E-state index contributed by atoms with van der Waals surface area (Å²) >= 11 is 0. The van der Waals surface area contributed by atoms with Crippen molar-refractivity contribution < 1.29 is 4.79 Å². The van der Waals surface area contributed by atoms with E-state index in [-0.39, 0.29) is 5.78 Å². The van der Waals surface area contributed by atoms with Crippen LogP contribution >= 0.6 is 0 Å². The average molecular weight is 242 g/mol. The third-order valence-electron chi connectivity index (χ3n) is 3.18. The SMILES string of the molecule is C=C/C(C)=C(\C=C(\C)CC)C(=O)C1=CCCC=C1. The van der Waals surface area contributed by atoms with E-state index < -0.39 is 0 Å². The zero-order chi connectivity index (χ0) is 13.5. The van der Waals surface area contributed by atoms with Crippen LogP contribution in [0.5, 0.6) is 0 Å². The number of carbonyl (C=O) groups excluding carboxylic acids is 1. The Morgan fingerprint density at radius 3 is 2.61 bits per heavy atom. The van der Waals surface area contributed by atoms with Crippen molar-refractivity contribution in [2.24, 2.45) is 0 Å². The molecule has 0 saturated heterocycles. The Balaban J connectivity index is 3.13. The molecule has 1 aliphatic rings. The van der Waals surface area contributed by atoms with Crippen LogP contribution in [0.15, 0.2) is 59.3 Å². The minimum absolute atomic E-state index is 0.108. The normalized spacial score (nSPS) is 17.1. The number of hydrogen-bond donors (Lipinski definition) is 0. The van der Waals surface area contributed by atoms with E-state index in [0.29, 0.717) is 0 Å². The Hall–Kier alpha value is -1.63. The fourth-order valence-electron chi connectivity index (χ4n) is 1.75. The van der Waals surface area contributed by atoms with Crippen molar-refractivity contribution in [3.8, 4) is 0 Å². The van der Waals surface area contributed by atoms with Crippen molar-refractivity contribution in [3.05, 3.63) is 59.3 Å². The molecule has 0 N–H and O–H groups in total. The van der Waals surface area contributed by atoms with Gasteiger partial charge in [0.1, 0.15) is 0 Å². The van der Waals surface area contributed by atoms with Gasteiger partial charge < -0.3 is 0 Å². The molecule has 0 fully saturated rings. The lowest BCUT2D eigenvalue weighted by molar-refractivity contribution is -0.111. The van der Waals surface area contributed by atoms with E-state index in [9.17, 15) is 4.79 Å². The average Bonchev–Trinajstić information content (AvgIpc) is 2.43. The molecular weight excluding hydrogens is 220 g/mol. The molecule has 0 bridgehead atoms. The number of hydrogen-bond acceptors (Lipinski definition) is 1. The van der Waals surface area contributed by atoms with Crippen LogP contribution in [0.3, 0.4) is 0 Å². The first-order chi connectivity index (χ1) is 8.60.